The minimum Gasteiger partial charge on any atom is -0.493 e. The molecule has 2 fully saturated rings. The summed E-state index contributed by atoms with van der Waals surface area (Å²) in [5.74, 6) is 2.56. The zero-order chi connectivity index (χ0) is 25.5. The molecule has 36 heavy (non-hydrogen) atoms. The molecule has 0 aromatic heterocycles. The summed E-state index contributed by atoms with van der Waals surface area (Å²) in [4.78, 5) is 22.2. The van der Waals surface area contributed by atoms with Crippen LogP contribution in [0.25, 0.3) is 0 Å². The molecule has 0 N–H and O–H groups in total. The minimum absolute atomic E-state index is 0.113. The van der Waals surface area contributed by atoms with Crippen LogP contribution in [0.15, 0.2) is 30.3 Å². The van der Waals surface area contributed by atoms with E-state index in [0.29, 0.717) is 41.6 Å². The predicted octanol–water partition coefficient (Wildman–Crippen LogP) is 3.33. The van der Waals surface area contributed by atoms with Gasteiger partial charge in [-0.3, -0.25) is 0 Å². The van der Waals surface area contributed by atoms with E-state index in [9.17, 15) is 9.59 Å². The van der Waals surface area contributed by atoms with Gasteiger partial charge in [0, 0.05) is 0 Å². The highest BCUT2D eigenvalue weighted by Crippen LogP contribution is 2.39. The Morgan fingerprint density at radius 1 is 0.694 bits per heavy atom. The number of carbonyl (C=O) groups is 2. The fourth-order valence-corrected chi connectivity index (χ4v) is 3.75. The zero-order valence-electron chi connectivity index (χ0n) is 20.3. The molecule has 2 atom stereocenters. The van der Waals surface area contributed by atoms with Crippen LogP contribution in [-0.4, -0.2) is 72.3 Å². The van der Waals surface area contributed by atoms with Gasteiger partial charge in [-0.25, -0.2) is 9.59 Å². The van der Waals surface area contributed by atoms with Crippen LogP contribution in [0.1, 0.15) is 11.1 Å². The van der Waals surface area contributed by atoms with E-state index in [1.165, 1.54) is 0 Å². The maximum Gasteiger partial charge on any atom is 0.508 e. The van der Waals surface area contributed by atoms with Gasteiger partial charge in [0.25, 0.3) is 0 Å². The van der Waals surface area contributed by atoms with Crippen LogP contribution in [0.2, 0.25) is 0 Å². The van der Waals surface area contributed by atoms with Crippen molar-refractivity contribution in [3.8, 4) is 28.7 Å². The second-order valence-electron chi connectivity index (χ2n) is 8.04. The number of cyclic esters (lactones) is 4. The third kappa shape index (κ3) is 6.15. The maximum absolute atomic E-state index is 11.1. The SMILES string of the molecule is COc1cc(CCc2cc(OC)c(OCC3COC(=O)O3)c(OC)c2)ccc1OCC1COC(=O)O1. The third-order valence-electron chi connectivity index (χ3n) is 5.59. The number of hydrogen-bond acceptors (Lipinski definition) is 11. The van der Waals surface area contributed by atoms with Crippen LogP contribution >= 0.6 is 0 Å². The van der Waals surface area contributed by atoms with Crippen LogP contribution in [0.4, 0.5) is 9.59 Å². The van der Waals surface area contributed by atoms with E-state index in [0.717, 1.165) is 11.1 Å². The molecule has 0 bridgehead atoms. The Morgan fingerprint density at radius 2 is 1.22 bits per heavy atom. The van der Waals surface area contributed by atoms with Crippen molar-refractivity contribution in [2.75, 3.05) is 47.8 Å². The smallest absolute Gasteiger partial charge is 0.493 e. The fraction of sp³-hybridized carbons (Fsp3) is 0.440. The van der Waals surface area contributed by atoms with Crippen molar-refractivity contribution in [1.29, 1.82) is 0 Å². The van der Waals surface area contributed by atoms with Crippen LogP contribution < -0.4 is 23.7 Å². The molecule has 0 saturated carbocycles. The summed E-state index contributed by atoms with van der Waals surface area (Å²) in [6.45, 7) is 0.587. The van der Waals surface area contributed by atoms with E-state index < -0.39 is 24.5 Å². The van der Waals surface area contributed by atoms with Crippen LogP contribution in [0.5, 0.6) is 28.7 Å². The Labute approximate surface area is 208 Å². The summed E-state index contributed by atoms with van der Waals surface area (Å²) < 4.78 is 47.6. The third-order valence-corrected chi connectivity index (χ3v) is 5.59. The lowest BCUT2D eigenvalue weighted by atomic mass is 10.0. The number of carbonyl (C=O) groups excluding carboxylic acids is 2. The molecular weight excluding hydrogens is 476 g/mol. The molecule has 2 unspecified atom stereocenters. The van der Waals surface area contributed by atoms with E-state index in [-0.39, 0.29) is 26.4 Å². The van der Waals surface area contributed by atoms with E-state index >= 15 is 0 Å². The summed E-state index contributed by atoms with van der Waals surface area (Å²) in [5, 5.41) is 0. The first kappa shape index (κ1) is 25.1. The lowest BCUT2D eigenvalue weighted by Gasteiger charge is -2.17. The zero-order valence-corrected chi connectivity index (χ0v) is 20.3. The predicted molar refractivity (Wildman–Crippen MR) is 123 cm³/mol. The molecule has 2 aliphatic heterocycles. The van der Waals surface area contributed by atoms with Crippen LogP contribution in [0, 0.1) is 0 Å². The summed E-state index contributed by atoms with van der Waals surface area (Å²) in [7, 11) is 4.66. The molecule has 0 spiro atoms. The van der Waals surface area contributed by atoms with Gasteiger partial charge in [0.15, 0.2) is 35.2 Å². The van der Waals surface area contributed by atoms with Crippen molar-refractivity contribution >= 4 is 12.3 Å². The molecule has 0 radical (unpaired) electrons. The Morgan fingerprint density at radius 3 is 1.75 bits per heavy atom. The average molecular weight is 504 g/mol. The Kier molecular flexibility index (Phi) is 8.09. The van der Waals surface area contributed by atoms with Crippen molar-refractivity contribution in [3.05, 3.63) is 41.5 Å². The standard InChI is InChI=1S/C25H28O11/c1-28-20-8-15(6-7-19(20)31-11-17-13-33-24(26)35-17)4-5-16-9-21(29-2)23(22(10-16)30-3)32-12-18-14-34-25(27)36-18/h6-10,17-18H,4-5,11-14H2,1-3H3. The van der Waals surface area contributed by atoms with Crippen LogP contribution in [0.3, 0.4) is 0 Å². The normalized spacial score (nSPS) is 18.5. The van der Waals surface area contributed by atoms with E-state index in [4.69, 9.17) is 42.6 Å². The Balaban J connectivity index is 1.39. The number of ether oxygens (including phenoxy) is 9. The second kappa shape index (κ2) is 11.6. The van der Waals surface area contributed by atoms with E-state index in [1.54, 1.807) is 21.3 Å². The lowest BCUT2D eigenvalue weighted by Crippen LogP contribution is -2.20. The molecule has 2 aromatic rings. The van der Waals surface area contributed by atoms with Gasteiger partial charge in [0.2, 0.25) is 5.75 Å². The topological polar surface area (TPSA) is 117 Å². The van der Waals surface area contributed by atoms with Gasteiger partial charge in [-0.15, -0.1) is 0 Å². The largest absolute Gasteiger partial charge is 0.508 e. The maximum atomic E-state index is 11.1. The van der Waals surface area contributed by atoms with Gasteiger partial charge >= 0.3 is 12.3 Å². The Bertz CT molecular complexity index is 1060. The van der Waals surface area contributed by atoms with Crippen molar-refractivity contribution in [2.24, 2.45) is 0 Å². The highest BCUT2D eigenvalue weighted by Gasteiger charge is 2.27. The van der Waals surface area contributed by atoms with Crippen molar-refractivity contribution in [1.82, 2.24) is 0 Å². The molecule has 0 aliphatic carbocycles. The first-order valence-corrected chi connectivity index (χ1v) is 11.3. The molecule has 11 nitrogen and oxygen atoms in total. The van der Waals surface area contributed by atoms with Gasteiger partial charge in [0.05, 0.1) is 21.3 Å². The summed E-state index contributed by atoms with van der Waals surface area (Å²) >= 11 is 0. The summed E-state index contributed by atoms with van der Waals surface area (Å²) in [5.41, 5.74) is 2.02. The number of methoxy groups -OCH3 is 3. The van der Waals surface area contributed by atoms with Gasteiger partial charge in [0.1, 0.15) is 26.4 Å². The lowest BCUT2D eigenvalue weighted by molar-refractivity contribution is 0.0963. The molecule has 2 saturated heterocycles. The molecular formula is C25H28O11. The quantitative estimate of drug-likeness (QED) is 0.396. The fourth-order valence-electron chi connectivity index (χ4n) is 3.75. The molecule has 194 valence electrons. The summed E-state index contributed by atoms with van der Waals surface area (Å²) in [6, 6.07) is 9.45. The first-order valence-electron chi connectivity index (χ1n) is 11.3. The van der Waals surface area contributed by atoms with Gasteiger partial charge < -0.3 is 42.6 Å². The molecule has 2 aliphatic rings. The monoisotopic (exact) mass is 504 g/mol. The van der Waals surface area contributed by atoms with E-state index in [2.05, 4.69) is 0 Å². The van der Waals surface area contributed by atoms with Crippen molar-refractivity contribution in [3.63, 3.8) is 0 Å². The molecule has 2 heterocycles. The second-order valence-corrected chi connectivity index (χ2v) is 8.04. The number of benzene rings is 2. The molecule has 0 amide bonds. The number of hydrogen-bond donors (Lipinski definition) is 0. The average Bonchev–Trinajstić information content (AvgIpc) is 3.51. The van der Waals surface area contributed by atoms with Gasteiger partial charge in [-0.05, 0) is 48.2 Å². The first-order chi connectivity index (χ1) is 17.5. The minimum atomic E-state index is -0.706. The summed E-state index contributed by atoms with van der Waals surface area (Å²) in [6.07, 6.45) is -0.919. The number of aryl methyl sites for hydroxylation is 2. The van der Waals surface area contributed by atoms with Gasteiger partial charge in [-0.1, -0.05) is 6.07 Å². The molecule has 4 rings (SSSR count). The molecule has 11 heteroatoms. The highest BCUT2D eigenvalue weighted by atomic mass is 16.8. The van der Waals surface area contributed by atoms with Crippen LogP contribution in [-0.2, 0) is 31.8 Å². The van der Waals surface area contributed by atoms with Crippen molar-refractivity contribution < 1.29 is 52.2 Å². The van der Waals surface area contributed by atoms with Gasteiger partial charge in [-0.2, -0.15) is 0 Å². The number of rotatable bonds is 12. The van der Waals surface area contributed by atoms with Crippen molar-refractivity contribution in [2.45, 2.75) is 25.0 Å². The van der Waals surface area contributed by atoms with E-state index in [1.807, 2.05) is 30.3 Å². The Hall–Kier alpha value is -4.02. The highest BCUT2D eigenvalue weighted by molar-refractivity contribution is 5.62. The molecule has 2 aromatic carbocycles.